The van der Waals surface area contributed by atoms with Crippen LogP contribution in [-0.4, -0.2) is 54.0 Å². The van der Waals surface area contributed by atoms with Crippen LogP contribution in [-0.2, 0) is 10.0 Å². The van der Waals surface area contributed by atoms with Crippen molar-refractivity contribution in [1.82, 2.24) is 13.7 Å². The van der Waals surface area contributed by atoms with E-state index < -0.39 is 10.0 Å². The van der Waals surface area contributed by atoms with E-state index in [-0.39, 0.29) is 18.2 Å². The molecule has 116 valence electrons. The van der Waals surface area contributed by atoms with Gasteiger partial charge in [-0.3, -0.25) is 4.40 Å². The number of rotatable bonds is 7. The minimum atomic E-state index is -3.69. The molecular formula is C13H20N4O3S. The first-order valence-corrected chi connectivity index (χ1v) is 8.26. The van der Waals surface area contributed by atoms with E-state index >= 15 is 0 Å². The summed E-state index contributed by atoms with van der Waals surface area (Å²) in [5.41, 5.74) is 0.568. The van der Waals surface area contributed by atoms with Gasteiger partial charge in [0, 0.05) is 32.9 Å². The molecule has 2 aromatic heterocycles. The molecule has 7 nitrogen and oxygen atoms in total. The van der Waals surface area contributed by atoms with E-state index in [0.717, 1.165) is 0 Å². The summed E-state index contributed by atoms with van der Waals surface area (Å²) in [7, 11) is -2.05. The van der Waals surface area contributed by atoms with Crippen molar-refractivity contribution in [3.63, 3.8) is 0 Å². The summed E-state index contributed by atoms with van der Waals surface area (Å²) in [6.07, 6.45) is 2.08. The highest BCUT2D eigenvalue weighted by Gasteiger charge is 2.30. The van der Waals surface area contributed by atoms with Crippen LogP contribution in [0.5, 0.6) is 0 Å². The minimum Gasteiger partial charge on any atom is -0.396 e. The number of imidazole rings is 1. The number of sulfonamides is 1. The van der Waals surface area contributed by atoms with Gasteiger partial charge in [0.2, 0.25) is 0 Å². The number of fused-ring (bicyclic) bond motifs is 1. The van der Waals surface area contributed by atoms with Crippen molar-refractivity contribution < 1.29 is 13.5 Å². The van der Waals surface area contributed by atoms with E-state index in [1.807, 2.05) is 6.07 Å². The van der Waals surface area contributed by atoms with Gasteiger partial charge in [-0.15, -0.1) is 0 Å². The summed E-state index contributed by atoms with van der Waals surface area (Å²) >= 11 is 0. The number of anilines is 1. The minimum absolute atomic E-state index is 0.0436. The molecule has 0 spiro atoms. The molecule has 0 amide bonds. The van der Waals surface area contributed by atoms with Crippen LogP contribution < -0.4 is 5.32 Å². The normalized spacial score (nSPS) is 12.2. The zero-order valence-electron chi connectivity index (χ0n) is 12.2. The van der Waals surface area contributed by atoms with E-state index in [2.05, 4.69) is 10.3 Å². The predicted molar refractivity (Wildman–Crippen MR) is 80.9 cm³/mol. The van der Waals surface area contributed by atoms with Crippen LogP contribution in [0, 0.1) is 0 Å². The smallest absolute Gasteiger partial charge is 0.262 e. The number of aliphatic hydroxyl groups excluding tert-OH is 1. The van der Waals surface area contributed by atoms with Gasteiger partial charge in [0.1, 0.15) is 5.65 Å². The lowest BCUT2D eigenvalue weighted by atomic mass is 10.4. The summed E-state index contributed by atoms with van der Waals surface area (Å²) in [5, 5.41) is 11.9. The molecule has 0 aromatic carbocycles. The highest BCUT2D eigenvalue weighted by molar-refractivity contribution is 7.89. The Balaban J connectivity index is 2.57. The lowest BCUT2D eigenvalue weighted by molar-refractivity contribution is 0.271. The van der Waals surface area contributed by atoms with Gasteiger partial charge < -0.3 is 10.4 Å². The van der Waals surface area contributed by atoms with Crippen molar-refractivity contribution >= 4 is 21.5 Å². The molecule has 21 heavy (non-hydrogen) atoms. The lowest BCUT2D eigenvalue weighted by Crippen LogP contribution is -2.33. The Hall–Kier alpha value is -1.64. The summed E-state index contributed by atoms with van der Waals surface area (Å²) in [4.78, 5) is 4.29. The molecule has 0 saturated carbocycles. The van der Waals surface area contributed by atoms with Crippen molar-refractivity contribution in [2.45, 2.75) is 18.4 Å². The van der Waals surface area contributed by atoms with Crippen LogP contribution in [0.4, 0.5) is 5.82 Å². The Kier molecular flexibility index (Phi) is 4.81. The topological polar surface area (TPSA) is 86.9 Å². The zero-order valence-corrected chi connectivity index (χ0v) is 13.0. The van der Waals surface area contributed by atoms with E-state index in [0.29, 0.717) is 24.4 Å². The van der Waals surface area contributed by atoms with Crippen LogP contribution in [0.1, 0.15) is 13.3 Å². The third-order valence-corrected chi connectivity index (χ3v) is 5.22. The molecule has 0 atom stereocenters. The van der Waals surface area contributed by atoms with E-state index in [9.17, 15) is 8.42 Å². The Morgan fingerprint density at radius 2 is 2.19 bits per heavy atom. The quantitative estimate of drug-likeness (QED) is 0.788. The van der Waals surface area contributed by atoms with Crippen LogP contribution in [0.15, 0.2) is 29.4 Å². The maximum absolute atomic E-state index is 12.9. The van der Waals surface area contributed by atoms with Gasteiger partial charge in [-0.2, -0.15) is 4.31 Å². The van der Waals surface area contributed by atoms with Gasteiger partial charge in [0.25, 0.3) is 10.0 Å². The molecule has 0 aliphatic rings. The second-order valence-electron chi connectivity index (χ2n) is 4.52. The molecule has 0 radical (unpaired) electrons. The van der Waals surface area contributed by atoms with E-state index in [4.69, 9.17) is 5.11 Å². The van der Waals surface area contributed by atoms with Crippen molar-refractivity contribution in [3.8, 4) is 0 Å². The van der Waals surface area contributed by atoms with Gasteiger partial charge in [-0.1, -0.05) is 13.0 Å². The summed E-state index contributed by atoms with van der Waals surface area (Å²) in [6.45, 7) is 2.35. The average Bonchev–Trinajstić information content (AvgIpc) is 2.87. The fourth-order valence-corrected chi connectivity index (χ4v) is 3.95. The predicted octanol–water partition coefficient (Wildman–Crippen LogP) is 0.769. The van der Waals surface area contributed by atoms with Crippen molar-refractivity contribution in [1.29, 1.82) is 0 Å². The van der Waals surface area contributed by atoms with Gasteiger partial charge in [-0.25, -0.2) is 13.4 Å². The molecule has 0 fully saturated rings. The third-order valence-electron chi connectivity index (χ3n) is 3.23. The van der Waals surface area contributed by atoms with Crippen LogP contribution in [0.2, 0.25) is 0 Å². The molecule has 0 saturated heterocycles. The van der Waals surface area contributed by atoms with Gasteiger partial charge >= 0.3 is 0 Å². The van der Waals surface area contributed by atoms with E-state index in [1.165, 1.54) is 4.31 Å². The van der Waals surface area contributed by atoms with Gasteiger partial charge in [0.05, 0.1) is 0 Å². The molecule has 2 heterocycles. The SMILES string of the molecule is CCN(CCCO)S(=O)(=O)c1c(NC)nc2ccccn12. The monoisotopic (exact) mass is 312 g/mol. The first-order chi connectivity index (χ1) is 10.1. The van der Waals surface area contributed by atoms with Crippen molar-refractivity contribution in [3.05, 3.63) is 24.4 Å². The lowest BCUT2D eigenvalue weighted by Gasteiger charge is -2.20. The molecule has 0 unspecified atom stereocenters. The Morgan fingerprint density at radius 1 is 1.43 bits per heavy atom. The maximum atomic E-state index is 12.9. The summed E-state index contributed by atoms with van der Waals surface area (Å²) < 4.78 is 28.6. The highest BCUT2D eigenvalue weighted by atomic mass is 32.2. The molecule has 0 aliphatic carbocycles. The number of hydrogen-bond acceptors (Lipinski definition) is 5. The van der Waals surface area contributed by atoms with Crippen molar-refractivity contribution in [2.24, 2.45) is 0 Å². The third kappa shape index (κ3) is 2.87. The van der Waals surface area contributed by atoms with E-state index in [1.54, 1.807) is 36.7 Å². The number of nitrogens with zero attached hydrogens (tertiary/aromatic N) is 3. The number of aliphatic hydroxyl groups is 1. The van der Waals surface area contributed by atoms with Gasteiger partial charge in [0.15, 0.2) is 10.8 Å². The first kappa shape index (κ1) is 15.7. The second-order valence-corrected chi connectivity index (χ2v) is 6.37. The van der Waals surface area contributed by atoms with Gasteiger partial charge in [-0.05, 0) is 18.6 Å². The first-order valence-electron chi connectivity index (χ1n) is 6.82. The number of nitrogens with one attached hydrogen (secondary N) is 1. The van der Waals surface area contributed by atoms with Crippen molar-refractivity contribution in [2.75, 3.05) is 32.1 Å². The largest absolute Gasteiger partial charge is 0.396 e. The molecule has 2 aromatic rings. The molecule has 2 rings (SSSR count). The van der Waals surface area contributed by atoms with Crippen LogP contribution in [0.3, 0.4) is 0 Å². The van der Waals surface area contributed by atoms with Crippen LogP contribution in [0.25, 0.3) is 5.65 Å². The fraction of sp³-hybridized carbons (Fsp3) is 0.462. The summed E-state index contributed by atoms with van der Waals surface area (Å²) in [6, 6.07) is 5.32. The van der Waals surface area contributed by atoms with Crippen LogP contribution >= 0.6 is 0 Å². The Bertz CT molecular complexity index is 711. The zero-order chi connectivity index (χ0) is 15.5. The molecule has 2 N–H and O–H groups in total. The maximum Gasteiger partial charge on any atom is 0.262 e. The second kappa shape index (κ2) is 6.42. The Morgan fingerprint density at radius 3 is 2.81 bits per heavy atom. The fourth-order valence-electron chi connectivity index (χ4n) is 2.20. The highest BCUT2D eigenvalue weighted by Crippen LogP contribution is 2.25. The standard InChI is InChI=1S/C13H20N4O3S/c1-3-16(8-6-10-18)21(19,20)13-12(14-2)15-11-7-4-5-9-17(11)13/h4-5,7,9,14,18H,3,6,8,10H2,1-2H3. The number of pyridine rings is 1. The molecular weight excluding hydrogens is 292 g/mol. The molecule has 0 aliphatic heterocycles. The Labute approximate surface area is 124 Å². The molecule has 0 bridgehead atoms. The average molecular weight is 312 g/mol. The number of hydrogen-bond donors (Lipinski definition) is 2. The number of aromatic nitrogens is 2. The molecule has 8 heteroatoms. The summed E-state index contributed by atoms with van der Waals surface area (Å²) in [5.74, 6) is 0.323.